The molecule has 0 aliphatic rings. The van der Waals surface area contributed by atoms with Crippen molar-refractivity contribution in [2.75, 3.05) is 0 Å². The molecule has 13 rings (SSSR count). The number of hydrogen-bond acceptors (Lipinski definition) is 5. The van der Waals surface area contributed by atoms with Crippen molar-refractivity contribution in [2.24, 2.45) is 0 Å². The number of hydrogen-bond donors (Lipinski definition) is 0. The summed E-state index contributed by atoms with van der Waals surface area (Å²) in [5, 5.41) is 4.25. The minimum atomic E-state index is 0.515. The van der Waals surface area contributed by atoms with Gasteiger partial charge in [-0.25, -0.2) is 15.0 Å². The first kappa shape index (κ1) is 39.1. The molecule has 0 bridgehead atoms. The first-order valence-corrected chi connectivity index (χ1v) is 22.8. The summed E-state index contributed by atoms with van der Waals surface area (Å²) in [7, 11) is 0. The van der Waals surface area contributed by atoms with E-state index >= 15 is 0 Å². The highest BCUT2D eigenvalue weighted by molar-refractivity contribution is 6.23. The minimum Gasteiger partial charge on any atom is -0.454 e. The van der Waals surface area contributed by atoms with Crippen molar-refractivity contribution in [1.82, 2.24) is 24.5 Å². The molecular formula is C62H39N5O. The van der Waals surface area contributed by atoms with Gasteiger partial charge in [0.05, 0.1) is 16.7 Å². The molecule has 318 valence electrons. The first-order valence-electron chi connectivity index (χ1n) is 22.8. The topological polar surface area (TPSA) is 69.6 Å². The monoisotopic (exact) mass is 869 g/mol. The quantitative estimate of drug-likeness (QED) is 0.152. The van der Waals surface area contributed by atoms with Crippen molar-refractivity contribution >= 4 is 43.7 Å². The molecule has 0 aliphatic heterocycles. The molecule has 0 saturated heterocycles. The van der Waals surface area contributed by atoms with Gasteiger partial charge in [-0.2, -0.15) is 0 Å². The summed E-state index contributed by atoms with van der Waals surface area (Å²) < 4.78 is 9.35. The Morgan fingerprint density at radius 1 is 0.353 bits per heavy atom. The largest absolute Gasteiger partial charge is 0.454 e. The number of aromatic nitrogens is 5. The summed E-state index contributed by atoms with van der Waals surface area (Å²) in [6.45, 7) is 0. The van der Waals surface area contributed by atoms with Crippen LogP contribution in [0.25, 0.3) is 128 Å². The summed E-state index contributed by atoms with van der Waals surface area (Å²) in [6.07, 6.45) is 1.99. The maximum Gasteiger partial charge on any atom is 0.166 e. The second-order valence-corrected chi connectivity index (χ2v) is 17.0. The van der Waals surface area contributed by atoms with Crippen molar-refractivity contribution in [3.05, 3.63) is 237 Å². The molecule has 13 aromatic rings. The molecule has 0 unspecified atom stereocenters. The Morgan fingerprint density at radius 3 is 1.49 bits per heavy atom. The molecule has 0 N–H and O–H groups in total. The average molecular weight is 870 g/mol. The second-order valence-electron chi connectivity index (χ2n) is 17.0. The summed E-state index contributed by atoms with van der Waals surface area (Å²) in [4.78, 5) is 21.1. The lowest BCUT2D eigenvalue weighted by molar-refractivity contribution is 0.671. The number of fused-ring (bicyclic) bond motifs is 7. The maximum atomic E-state index is 7.03. The molecule has 0 spiro atoms. The van der Waals surface area contributed by atoms with Crippen molar-refractivity contribution in [3.63, 3.8) is 0 Å². The molecule has 0 atom stereocenters. The third kappa shape index (κ3) is 6.74. The molecule has 0 amide bonds. The van der Waals surface area contributed by atoms with Gasteiger partial charge in [-0.15, -0.1) is 0 Å². The zero-order valence-corrected chi connectivity index (χ0v) is 36.7. The Morgan fingerprint density at radius 2 is 0.868 bits per heavy atom. The number of pyridine rings is 1. The van der Waals surface area contributed by atoms with Crippen molar-refractivity contribution in [1.29, 1.82) is 0 Å². The van der Waals surface area contributed by atoms with Gasteiger partial charge in [0.1, 0.15) is 5.58 Å². The molecule has 0 saturated carbocycles. The van der Waals surface area contributed by atoms with E-state index in [1.807, 2.05) is 66.9 Å². The second kappa shape index (κ2) is 16.3. The predicted octanol–water partition coefficient (Wildman–Crippen LogP) is 15.9. The highest BCUT2D eigenvalue weighted by Crippen LogP contribution is 2.45. The van der Waals surface area contributed by atoms with Crippen LogP contribution in [-0.2, 0) is 0 Å². The van der Waals surface area contributed by atoms with E-state index in [1.54, 1.807) is 0 Å². The van der Waals surface area contributed by atoms with Gasteiger partial charge in [-0.05, 0) is 82.4 Å². The van der Waals surface area contributed by atoms with Gasteiger partial charge < -0.3 is 8.98 Å². The van der Waals surface area contributed by atoms with E-state index in [0.717, 1.165) is 105 Å². The van der Waals surface area contributed by atoms with Crippen LogP contribution >= 0.6 is 0 Å². The zero-order valence-electron chi connectivity index (χ0n) is 36.7. The summed E-state index contributed by atoms with van der Waals surface area (Å²) in [6, 6.07) is 80.0. The van der Waals surface area contributed by atoms with Crippen LogP contribution in [0.1, 0.15) is 0 Å². The lowest BCUT2D eigenvalue weighted by Crippen LogP contribution is -2.02. The summed E-state index contributed by atoms with van der Waals surface area (Å²) >= 11 is 0. The Balaban J connectivity index is 1.09. The van der Waals surface area contributed by atoms with E-state index in [0.29, 0.717) is 17.5 Å². The van der Waals surface area contributed by atoms with Gasteiger partial charge in [-0.3, -0.25) is 4.98 Å². The number of nitrogens with zero attached hydrogens (tertiary/aromatic N) is 5. The van der Waals surface area contributed by atoms with Crippen molar-refractivity contribution in [3.8, 4) is 84.5 Å². The van der Waals surface area contributed by atoms with E-state index in [1.165, 1.54) is 5.39 Å². The van der Waals surface area contributed by atoms with Crippen LogP contribution < -0.4 is 0 Å². The van der Waals surface area contributed by atoms with Crippen LogP contribution in [0.2, 0.25) is 0 Å². The van der Waals surface area contributed by atoms with Gasteiger partial charge in [0.2, 0.25) is 0 Å². The Labute approximate surface area is 392 Å². The van der Waals surface area contributed by atoms with E-state index < -0.39 is 0 Å². The predicted molar refractivity (Wildman–Crippen MR) is 277 cm³/mol. The van der Waals surface area contributed by atoms with E-state index in [2.05, 4.69) is 174 Å². The molecule has 0 fully saturated rings. The number of benzene rings is 9. The van der Waals surface area contributed by atoms with Crippen LogP contribution in [0, 0.1) is 0 Å². The number of para-hydroxylation sites is 2. The lowest BCUT2D eigenvalue weighted by Gasteiger charge is -2.15. The summed E-state index contributed by atoms with van der Waals surface area (Å²) in [5.74, 6) is 1.67. The third-order valence-corrected chi connectivity index (χ3v) is 12.9. The average Bonchev–Trinajstić information content (AvgIpc) is 3.98. The minimum absolute atomic E-state index is 0.515. The molecule has 4 heterocycles. The van der Waals surface area contributed by atoms with Crippen LogP contribution in [-0.4, -0.2) is 24.5 Å². The van der Waals surface area contributed by atoms with Crippen LogP contribution in [0.3, 0.4) is 0 Å². The fourth-order valence-corrected chi connectivity index (χ4v) is 9.70. The van der Waals surface area contributed by atoms with Crippen molar-refractivity contribution < 1.29 is 4.42 Å². The van der Waals surface area contributed by atoms with Gasteiger partial charge in [0, 0.05) is 61.2 Å². The van der Waals surface area contributed by atoms with Crippen LogP contribution in [0.4, 0.5) is 0 Å². The standard InChI is InChI=1S/C62H39N5O/c1-6-19-40(20-7-1)44-35-45(41-21-8-2-9-22-41)37-46(36-44)47-38-53(62-65-60(42-23-10-3-11-24-42)64-61(66-62)43-25-12-4-13-26-43)57(63-39-47)51-30-18-32-55-56(51)52-34-33-50-49-29-16-17-31-54(49)67(58(50)59(52)68-55)48-27-14-5-15-28-48/h1-39H. The van der Waals surface area contributed by atoms with Gasteiger partial charge >= 0.3 is 0 Å². The smallest absolute Gasteiger partial charge is 0.166 e. The molecular weight excluding hydrogens is 831 g/mol. The lowest BCUT2D eigenvalue weighted by atomic mass is 9.92. The Kier molecular flexibility index (Phi) is 9.39. The molecule has 4 aromatic heterocycles. The van der Waals surface area contributed by atoms with Crippen LogP contribution in [0.15, 0.2) is 241 Å². The van der Waals surface area contributed by atoms with Crippen molar-refractivity contribution in [2.45, 2.75) is 0 Å². The Bertz CT molecular complexity index is 3880. The van der Waals surface area contributed by atoms with Crippen LogP contribution in [0.5, 0.6) is 0 Å². The van der Waals surface area contributed by atoms with E-state index in [9.17, 15) is 0 Å². The highest BCUT2D eigenvalue weighted by Gasteiger charge is 2.24. The maximum absolute atomic E-state index is 7.03. The normalized spacial score (nSPS) is 11.5. The molecule has 9 aromatic carbocycles. The molecule has 6 heteroatoms. The summed E-state index contributed by atoms with van der Waals surface area (Å²) in [5.41, 5.74) is 15.4. The van der Waals surface area contributed by atoms with Gasteiger partial charge in [0.15, 0.2) is 23.1 Å². The Hall–Kier alpha value is -9.26. The molecule has 0 aliphatic carbocycles. The van der Waals surface area contributed by atoms with E-state index in [4.69, 9.17) is 24.4 Å². The molecule has 6 nitrogen and oxygen atoms in total. The fraction of sp³-hybridized carbons (Fsp3) is 0. The number of rotatable bonds is 8. The molecule has 68 heavy (non-hydrogen) atoms. The van der Waals surface area contributed by atoms with E-state index in [-0.39, 0.29) is 0 Å². The third-order valence-electron chi connectivity index (χ3n) is 12.9. The molecule has 0 radical (unpaired) electrons. The number of furan rings is 1. The highest BCUT2D eigenvalue weighted by atomic mass is 16.3. The first-order chi connectivity index (χ1) is 33.7. The van der Waals surface area contributed by atoms with Gasteiger partial charge in [-0.1, -0.05) is 176 Å². The fourth-order valence-electron chi connectivity index (χ4n) is 9.70. The SMILES string of the molecule is c1ccc(-c2cc(-c3ccccc3)cc(-c3cnc(-c4cccc5oc6c(ccc7c8ccccc8n(-c8ccccc8)c76)c45)c(-c4nc(-c5ccccc5)nc(-c5ccccc5)n4)c3)c2)cc1. The zero-order chi connectivity index (χ0) is 45.0. The van der Waals surface area contributed by atoms with Gasteiger partial charge in [0.25, 0.3) is 0 Å².